The Morgan fingerprint density at radius 3 is 2.79 bits per heavy atom. The van der Waals surface area contributed by atoms with Crippen molar-refractivity contribution in [3.63, 3.8) is 0 Å². The maximum Gasteiger partial charge on any atom is 0.308 e. The number of hydrogen-bond donors (Lipinski definition) is 1. The molecule has 1 aromatic heterocycles. The minimum Gasteiger partial charge on any atom is -0.481 e. The lowest BCUT2D eigenvalue weighted by molar-refractivity contribution is -0.147. The zero-order valence-electron chi connectivity index (χ0n) is 10.9. The molecule has 104 valence electrons. The molecule has 1 atom stereocenters. The van der Waals surface area contributed by atoms with Crippen LogP contribution in [0.3, 0.4) is 0 Å². The van der Waals surface area contributed by atoms with Crippen molar-refractivity contribution >= 4 is 23.5 Å². The Balaban J connectivity index is 2.16. The minimum atomic E-state index is -0.857. The van der Waals surface area contributed by atoms with Gasteiger partial charge in [0.1, 0.15) is 0 Å². The molecule has 1 aliphatic rings. The standard InChI is InChI=1S/C12H16ClN3O3/c1-7-11(13)9(15(2)14-7)6-16-5-8(12(18)19)3-4-10(16)17/h8H,3-6H2,1-2H3,(H,18,19). The fraction of sp³-hybridized carbons (Fsp3) is 0.583. The number of hydrogen-bond acceptors (Lipinski definition) is 3. The van der Waals surface area contributed by atoms with Gasteiger partial charge >= 0.3 is 5.97 Å². The van der Waals surface area contributed by atoms with E-state index < -0.39 is 11.9 Å². The van der Waals surface area contributed by atoms with Gasteiger partial charge in [-0.15, -0.1) is 0 Å². The van der Waals surface area contributed by atoms with Crippen molar-refractivity contribution in [2.45, 2.75) is 26.3 Å². The number of rotatable bonds is 3. The van der Waals surface area contributed by atoms with Crippen LogP contribution in [-0.4, -0.2) is 38.2 Å². The van der Waals surface area contributed by atoms with E-state index in [9.17, 15) is 9.59 Å². The van der Waals surface area contributed by atoms with Gasteiger partial charge < -0.3 is 10.0 Å². The Kier molecular flexibility index (Phi) is 3.80. The molecule has 1 unspecified atom stereocenters. The number of carbonyl (C=O) groups is 2. The van der Waals surface area contributed by atoms with Crippen molar-refractivity contribution in [3.8, 4) is 0 Å². The molecule has 0 radical (unpaired) electrons. The molecule has 19 heavy (non-hydrogen) atoms. The summed E-state index contributed by atoms with van der Waals surface area (Å²) in [4.78, 5) is 24.4. The highest BCUT2D eigenvalue weighted by Gasteiger charge is 2.31. The Morgan fingerprint density at radius 2 is 2.26 bits per heavy atom. The molecule has 0 bridgehead atoms. The molecule has 0 saturated carbocycles. The smallest absolute Gasteiger partial charge is 0.308 e. The van der Waals surface area contributed by atoms with Crippen LogP contribution in [-0.2, 0) is 23.2 Å². The van der Waals surface area contributed by atoms with Crippen LogP contribution < -0.4 is 0 Å². The molecular formula is C12H16ClN3O3. The first-order valence-electron chi connectivity index (χ1n) is 6.08. The first-order chi connectivity index (χ1) is 8.90. The predicted molar refractivity (Wildman–Crippen MR) is 68.7 cm³/mol. The number of nitrogens with zero attached hydrogens (tertiary/aromatic N) is 3. The third kappa shape index (κ3) is 2.73. The Bertz CT molecular complexity index is 527. The molecule has 7 heteroatoms. The highest BCUT2D eigenvalue weighted by Crippen LogP contribution is 2.24. The van der Waals surface area contributed by atoms with Crippen LogP contribution in [0.15, 0.2) is 0 Å². The number of carbonyl (C=O) groups excluding carboxylic acids is 1. The van der Waals surface area contributed by atoms with Crippen molar-refractivity contribution in [1.29, 1.82) is 0 Å². The summed E-state index contributed by atoms with van der Waals surface area (Å²) in [5, 5.41) is 13.8. The normalized spacial score (nSPS) is 19.8. The van der Waals surface area contributed by atoms with E-state index in [2.05, 4.69) is 5.10 Å². The average molecular weight is 286 g/mol. The van der Waals surface area contributed by atoms with Crippen molar-refractivity contribution in [2.75, 3.05) is 6.54 Å². The largest absolute Gasteiger partial charge is 0.481 e. The van der Waals surface area contributed by atoms with E-state index in [1.807, 2.05) is 0 Å². The highest BCUT2D eigenvalue weighted by molar-refractivity contribution is 6.31. The van der Waals surface area contributed by atoms with E-state index in [0.717, 1.165) is 5.69 Å². The van der Waals surface area contributed by atoms with Gasteiger partial charge in [0.25, 0.3) is 0 Å². The van der Waals surface area contributed by atoms with Gasteiger partial charge in [0.15, 0.2) is 0 Å². The molecule has 1 amide bonds. The predicted octanol–water partition coefficient (Wildman–Crippen LogP) is 1.21. The number of aliphatic carboxylic acids is 1. The lowest BCUT2D eigenvalue weighted by atomic mass is 9.97. The van der Waals surface area contributed by atoms with E-state index in [4.69, 9.17) is 16.7 Å². The maximum absolute atomic E-state index is 11.9. The third-order valence-electron chi connectivity index (χ3n) is 3.45. The van der Waals surface area contributed by atoms with Gasteiger partial charge in [0.05, 0.1) is 28.9 Å². The molecule has 0 spiro atoms. The van der Waals surface area contributed by atoms with E-state index in [-0.39, 0.29) is 18.9 Å². The summed E-state index contributed by atoms with van der Waals surface area (Å²) in [7, 11) is 1.76. The Morgan fingerprint density at radius 1 is 1.58 bits per heavy atom. The molecule has 1 aliphatic heterocycles. The number of aryl methyl sites for hydroxylation is 2. The second-order valence-electron chi connectivity index (χ2n) is 4.82. The fourth-order valence-corrected chi connectivity index (χ4v) is 2.52. The quantitative estimate of drug-likeness (QED) is 0.905. The van der Waals surface area contributed by atoms with Crippen LogP contribution in [0.1, 0.15) is 24.2 Å². The fourth-order valence-electron chi connectivity index (χ4n) is 2.30. The second-order valence-corrected chi connectivity index (χ2v) is 5.20. The van der Waals surface area contributed by atoms with Crippen LogP contribution in [0, 0.1) is 12.8 Å². The summed E-state index contributed by atoms with van der Waals surface area (Å²) in [5.74, 6) is -1.39. The monoisotopic (exact) mass is 285 g/mol. The van der Waals surface area contributed by atoms with Crippen molar-refractivity contribution in [2.24, 2.45) is 13.0 Å². The first kappa shape index (κ1) is 13.9. The van der Waals surface area contributed by atoms with Crippen LogP contribution in [0.5, 0.6) is 0 Å². The number of carboxylic acid groups (broad SMARTS) is 1. The van der Waals surface area contributed by atoms with E-state index >= 15 is 0 Å². The molecule has 0 aliphatic carbocycles. The molecule has 1 N–H and O–H groups in total. The highest BCUT2D eigenvalue weighted by atomic mass is 35.5. The summed E-state index contributed by atoms with van der Waals surface area (Å²) in [6.45, 7) is 2.33. The molecule has 2 rings (SSSR count). The third-order valence-corrected chi connectivity index (χ3v) is 3.94. The number of aromatic nitrogens is 2. The van der Waals surface area contributed by atoms with Gasteiger partial charge in [-0.1, -0.05) is 11.6 Å². The van der Waals surface area contributed by atoms with Gasteiger partial charge in [0, 0.05) is 20.0 Å². The van der Waals surface area contributed by atoms with E-state index in [0.29, 0.717) is 23.7 Å². The van der Waals surface area contributed by atoms with Gasteiger partial charge in [-0.25, -0.2) is 0 Å². The van der Waals surface area contributed by atoms with Gasteiger partial charge in [-0.2, -0.15) is 5.10 Å². The zero-order chi connectivity index (χ0) is 14.2. The maximum atomic E-state index is 11.9. The summed E-state index contributed by atoms with van der Waals surface area (Å²) < 4.78 is 1.63. The summed E-state index contributed by atoms with van der Waals surface area (Å²) in [6, 6.07) is 0. The molecule has 6 nitrogen and oxygen atoms in total. The van der Waals surface area contributed by atoms with E-state index in [1.54, 1.807) is 23.6 Å². The second kappa shape index (κ2) is 5.21. The van der Waals surface area contributed by atoms with Gasteiger partial charge in [-0.05, 0) is 13.3 Å². The minimum absolute atomic E-state index is 0.0348. The topological polar surface area (TPSA) is 75.4 Å². The van der Waals surface area contributed by atoms with Crippen LogP contribution in [0.4, 0.5) is 0 Å². The van der Waals surface area contributed by atoms with Gasteiger partial charge in [0.2, 0.25) is 5.91 Å². The summed E-state index contributed by atoms with van der Waals surface area (Å²) in [6.07, 6.45) is 0.675. The summed E-state index contributed by atoms with van der Waals surface area (Å²) >= 11 is 6.14. The number of halogens is 1. The molecular weight excluding hydrogens is 270 g/mol. The molecule has 1 saturated heterocycles. The number of carboxylic acids is 1. The molecule has 0 aromatic carbocycles. The lowest BCUT2D eigenvalue weighted by Gasteiger charge is -2.30. The molecule has 2 heterocycles. The SMILES string of the molecule is Cc1nn(C)c(CN2CC(C(=O)O)CCC2=O)c1Cl. The van der Waals surface area contributed by atoms with Gasteiger partial charge in [-0.3, -0.25) is 14.3 Å². The Labute approximate surface area is 115 Å². The Hall–Kier alpha value is -1.56. The number of piperidine rings is 1. The van der Waals surface area contributed by atoms with E-state index in [1.165, 1.54) is 0 Å². The number of amides is 1. The van der Waals surface area contributed by atoms with Crippen molar-refractivity contribution in [1.82, 2.24) is 14.7 Å². The molecule has 1 fully saturated rings. The zero-order valence-corrected chi connectivity index (χ0v) is 11.6. The van der Waals surface area contributed by atoms with Crippen molar-refractivity contribution in [3.05, 3.63) is 16.4 Å². The van der Waals surface area contributed by atoms with Crippen LogP contribution >= 0.6 is 11.6 Å². The van der Waals surface area contributed by atoms with Crippen LogP contribution in [0.25, 0.3) is 0 Å². The number of likely N-dealkylation sites (tertiary alicyclic amines) is 1. The lowest BCUT2D eigenvalue weighted by Crippen LogP contribution is -2.42. The molecule has 1 aromatic rings. The summed E-state index contributed by atoms with van der Waals surface area (Å²) in [5.41, 5.74) is 1.44. The first-order valence-corrected chi connectivity index (χ1v) is 6.46. The van der Waals surface area contributed by atoms with Crippen LogP contribution in [0.2, 0.25) is 5.02 Å². The average Bonchev–Trinajstić information content (AvgIpc) is 2.58. The van der Waals surface area contributed by atoms with Crippen molar-refractivity contribution < 1.29 is 14.7 Å².